The molecule has 5 aliphatic heterocycles. The molecule has 0 saturated carbocycles. The van der Waals surface area contributed by atoms with Gasteiger partial charge in [0, 0.05) is 49.1 Å². The number of fused-ring (bicyclic) bond motifs is 7. The molecule has 0 radical (unpaired) electrons. The van der Waals surface area contributed by atoms with Crippen LogP contribution in [-0.2, 0) is 0 Å². The maximum atomic E-state index is 17.1. The second-order valence-corrected chi connectivity index (χ2v) is 13.5. The molecule has 2 bridgehead atoms. The van der Waals surface area contributed by atoms with Crippen LogP contribution >= 0.6 is 0 Å². The number of alkyl halides is 1. The third-order valence-corrected chi connectivity index (χ3v) is 11.0. The van der Waals surface area contributed by atoms with Gasteiger partial charge in [-0.3, -0.25) is 4.90 Å². The first-order valence-corrected chi connectivity index (χ1v) is 16.2. The van der Waals surface area contributed by atoms with E-state index in [1.807, 2.05) is 6.92 Å². The Morgan fingerprint density at radius 3 is 2.87 bits per heavy atom. The predicted octanol–water partition coefficient (Wildman–Crippen LogP) is 5.32. The number of ether oxygens (including phenoxy) is 2. The SMILES string of the molecule is C#Cc1c(F)ccc2cccc(-c3nc4c5c(nc(OCC67C[C@@H](F)CN6CCC7=C)nc5c3F)N3C[C@H]5CC[C@H](N5)[C@H]3[C@H](C)O4)c12. The van der Waals surface area contributed by atoms with E-state index in [2.05, 4.69) is 32.6 Å². The van der Waals surface area contributed by atoms with Crippen LogP contribution in [0.5, 0.6) is 11.9 Å². The third kappa shape index (κ3) is 4.14. The van der Waals surface area contributed by atoms with Crippen LogP contribution in [0.15, 0.2) is 42.5 Å². The Bertz CT molecular complexity index is 2050. The highest BCUT2D eigenvalue weighted by molar-refractivity contribution is 6.03. The Morgan fingerprint density at radius 2 is 2.02 bits per heavy atom. The monoisotopic (exact) mass is 638 g/mol. The lowest BCUT2D eigenvalue weighted by molar-refractivity contribution is 0.130. The fourth-order valence-electron chi connectivity index (χ4n) is 8.81. The molecule has 0 spiro atoms. The topological polar surface area (TPSA) is 75.6 Å². The number of hydrogen-bond acceptors (Lipinski definition) is 8. The van der Waals surface area contributed by atoms with Crippen LogP contribution in [-0.4, -0.2) is 82.0 Å². The molecular formula is C36H33F3N6O2. The lowest BCUT2D eigenvalue weighted by Gasteiger charge is -2.42. The zero-order valence-electron chi connectivity index (χ0n) is 25.9. The molecule has 4 saturated heterocycles. The van der Waals surface area contributed by atoms with Gasteiger partial charge in [0.25, 0.3) is 0 Å². The van der Waals surface area contributed by atoms with E-state index >= 15 is 4.39 Å². The van der Waals surface area contributed by atoms with E-state index in [1.54, 1.807) is 24.3 Å². The first-order chi connectivity index (χ1) is 22.8. The molecule has 2 aromatic carbocycles. The summed E-state index contributed by atoms with van der Waals surface area (Å²) in [6.07, 6.45) is 7.47. The summed E-state index contributed by atoms with van der Waals surface area (Å²) in [4.78, 5) is 18.6. The van der Waals surface area contributed by atoms with Crippen LogP contribution in [0, 0.1) is 24.0 Å². The predicted molar refractivity (Wildman–Crippen MR) is 172 cm³/mol. The van der Waals surface area contributed by atoms with E-state index in [0.717, 1.165) is 24.8 Å². The number of nitrogens with zero attached hydrogens (tertiary/aromatic N) is 5. The second-order valence-electron chi connectivity index (χ2n) is 13.5. The Hall–Kier alpha value is -4.40. The standard InChI is InChI=1S/C36H33F3N6O2/c1-4-23-25(38)10-8-20-6-5-7-24(27(20)23)30-29(39)31-28-33(45-16-22-9-11-26(40-22)32(45)19(3)47-34(28)41-30)43-35(42-31)46-17-36-14-21(37)15-44(36)13-12-18(36)2/h1,5-8,10,19,21-22,26,32,40H,2,9,11-17H2,3H3/t19-,21+,22+,26-,32+,36?/m0/s1. The number of piperazine rings is 1. The van der Waals surface area contributed by atoms with Gasteiger partial charge in [-0.2, -0.15) is 9.97 Å². The minimum absolute atomic E-state index is 0.0155. The van der Waals surface area contributed by atoms with E-state index in [-0.39, 0.29) is 65.9 Å². The van der Waals surface area contributed by atoms with E-state index in [1.165, 1.54) is 6.07 Å². The molecule has 2 aromatic heterocycles. The minimum Gasteiger partial charge on any atom is -0.472 e. The zero-order valence-corrected chi connectivity index (χ0v) is 25.9. The number of anilines is 1. The Kier molecular flexibility index (Phi) is 6.31. The van der Waals surface area contributed by atoms with Crippen molar-refractivity contribution >= 4 is 27.5 Å². The van der Waals surface area contributed by atoms with Crippen molar-refractivity contribution in [2.45, 2.75) is 68.5 Å². The second kappa shape index (κ2) is 10.3. The molecule has 11 heteroatoms. The number of halogens is 3. The highest BCUT2D eigenvalue weighted by Gasteiger charge is 2.52. The summed E-state index contributed by atoms with van der Waals surface area (Å²) in [5.41, 5.74) is 0.524. The van der Waals surface area contributed by atoms with Gasteiger partial charge >= 0.3 is 6.01 Å². The van der Waals surface area contributed by atoms with Gasteiger partial charge < -0.3 is 19.7 Å². The van der Waals surface area contributed by atoms with E-state index in [9.17, 15) is 8.78 Å². The van der Waals surface area contributed by atoms with Crippen molar-refractivity contribution in [1.82, 2.24) is 25.2 Å². The van der Waals surface area contributed by atoms with Gasteiger partial charge in [-0.05, 0) is 37.6 Å². The number of pyridine rings is 1. The molecule has 5 aliphatic rings. The summed E-state index contributed by atoms with van der Waals surface area (Å²) in [6.45, 7) is 8.03. The van der Waals surface area contributed by atoms with Gasteiger partial charge in [0.2, 0.25) is 5.88 Å². The summed E-state index contributed by atoms with van der Waals surface area (Å²) in [6, 6.07) is 8.41. The molecule has 4 aromatic rings. The lowest BCUT2D eigenvalue weighted by atomic mass is 9.90. The van der Waals surface area contributed by atoms with Gasteiger partial charge in [0.15, 0.2) is 5.82 Å². The molecule has 6 atom stereocenters. The number of nitrogens with one attached hydrogen (secondary N) is 1. The van der Waals surface area contributed by atoms with Gasteiger partial charge in [-0.25, -0.2) is 18.2 Å². The average molecular weight is 639 g/mol. The van der Waals surface area contributed by atoms with Crippen LogP contribution in [0.4, 0.5) is 19.0 Å². The molecule has 4 fully saturated rings. The van der Waals surface area contributed by atoms with Crippen molar-refractivity contribution in [3.63, 3.8) is 0 Å². The van der Waals surface area contributed by atoms with Gasteiger partial charge in [0.05, 0.1) is 17.1 Å². The highest BCUT2D eigenvalue weighted by atomic mass is 19.1. The summed E-state index contributed by atoms with van der Waals surface area (Å²) < 4.78 is 59.6. The van der Waals surface area contributed by atoms with Crippen molar-refractivity contribution in [3.8, 4) is 35.5 Å². The smallest absolute Gasteiger partial charge is 0.319 e. The number of hydrogen-bond donors (Lipinski definition) is 1. The van der Waals surface area contributed by atoms with Crippen molar-refractivity contribution in [2.75, 3.05) is 31.1 Å². The molecule has 8 nitrogen and oxygen atoms in total. The molecular weight excluding hydrogens is 605 g/mol. The first kappa shape index (κ1) is 28.8. The van der Waals surface area contributed by atoms with Crippen molar-refractivity contribution in [3.05, 3.63) is 59.7 Å². The van der Waals surface area contributed by atoms with E-state index < -0.39 is 23.3 Å². The van der Waals surface area contributed by atoms with Crippen LogP contribution in [0.2, 0.25) is 0 Å². The molecule has 7 heterocycles. The Labute approximate surface area is 270 Å². The van der Waals surface area contributed by atoms with Crippen molar-refractivity contribution in [1.29, 1.82) is 0 Å². The summed E-state index contributed by atoms with van der Waals surface area (Å²) in [5.74, 6) is 1.82. The third-order valence-electron chi connectivity index (χ3n) is 11.0. The van der Waals surface area contributed by atoms with Gasteiger partial charge in [-0.1, -0.05) is 42.3 Å². The highest BCUT2D eigenvalue weighted by Crippen LogP contribution is 2.46. The summed E-state index contributed by atoms with van der Waals surface area (Å²) >= 11 is 0. The van der Waals surface area contributed by atoms with Gasteiger partial charge in [0.1, 0.15) is 47.1 Å². The maximum Gasteiger partial charge on any atom is 0.319 e. The first-order valence-electron chi connectivity index (χ1n) is 16.2. The molecule has 240 valence electrons. The van der Waals surface area contributed by atoms with Crippen LogP contribution < -0.4 is 19.7 Å². The van der Waals surface area contributed by atoms with Crippen LogP contribution in [0.1, 0.15) is 38.2 Å². The molecule has 1 unspecified atom stereocenters. The normalized spacial score (nSPS) is 29.5. The van der Waals surface area contributed by atoms with E-state index in [0.29, 0.717) is 47.2 Å². The average Bonchev–Trinajstić information content (AvgIpc) is 3.68. The molecule has 47 heavy (non-hydrogen) atoms. The number of benzene rings is 2. The lowest BCUT2D eigenvalue weighted by Crippen LogP contribution is -2.62. The van der Waals surface area contributed by atoms with E-state index in [4.69, 9.17) is 25.9 Å². The fraction of sp³-hybridized carbons (Fsp3) is 0.417. The molecule has 0 amide bonds. The maximum absolute atomic E-state index is 17.1. The quantitative estimate of drug-likeness (QED) is 0.238. The zero-order chi connectivity index (χ0) is 32.2. The fourth-order valence-corrected chi connectivity index (χ4v) is 8.81. The number of rotatable bonds is 4. The van der Waals surface area contributed by atoms with Crippen LogP contribution in [0.3, 0.4) is 0 Å². The minimum atomic E-state index is -0.986. The Balaban J connectivity index is 1.25. The number of terminal acetylenes is 1. The molecule has 1 N–H and O–H groups in total. The van der Waals surface area contributed by atoms with Crippen molar-refractivity contribution in [2.24, 2.45) is 0 Å². The summed E-state index contributed by atoms with van der Waals surface area (Å²) in [7, 11) is 0. The number of aromatic nitrogens is 3. The summed E-state index contributed by atoms with van der Waals surface area (Å²) in [5, 5.41) is 5.08. The molecule has 0 aliphatic carbocycles. The van der Waals surface area contributed by atoms with Crippen LogP contribution in [0.25, 0.3) is 32.9 Å². The van der Waals surface area contributed by atoms with Gasteiger partial charge in [-0.15, -0.1) is 6.42 Å². The largest absolute Gasteiger partial charge is 0.472 e. The van der Waals surface area contributed by atoms with Crippen molar-refractivity contribution < 1.29 is 22.6 Å². The molecule has 9 rings (SSSR count). The Morgan fingerprint density at radius 1 is 1.15 bits per heavy atom.